The third-order valence-electron chi connectivity index (χ3n) is 2.13. The Hall–Kier alpha value is -0.350. The van der Waals surface area contributed by atoms with Crippen LogP contribution in [-0.2, 0) is 0 Å². The van der Waals surface area contributed by atoms with E-state index < -0.39 is 0 Å². The summed E-state index contributed by atoms with van der Waals surface area (Å²) in [5.74, 6) is 0. The van der Waals surface area contributed by atoms with Crippen molar-refractivity contribution >= 4 is 17.3 Å². The van der Waals surface area contributed by atoms with Crippen LogP contribution < -0.4 is 10.7 Å². The van der Waals surface area contributed by atoms with Crippen LogP contribution in [0.1, 0.15) is 33.1 Å². The van der Waals surface area contributed by atoms with Gasteiger partial charge in [0.15, 0.2) is 5.11 Å². The van der Waals surface area contributed by atoms with Gasteiger partial charge >= 0.3 is 0 Å². The predicted molar refractivity (Wildman–Crippen MR) is 54.6 cm³/mol. The summed E-state index contributed by atoms with van der Waals surface area (Å²) in [5.41, 5.74) is 3.27. The smallest absolute Gasteiger partial charge is 0.184 e. The zero-order chi connectivity index (χ0) is 9.19. The number of thiocarbonyl (C=S) groups is 1. The summed E-state index contributed by atoms with van der Waals surface area (Å²) in [7, 11) is 1.94. The number of rotatable bonds is 3. The molecular formula is C8H17N3S. The lowest BCUT2D eigenvalue weighted by molar-refractivity contribution is 0.243. The maximum absolute atomic E-state index is 5.09. The second kappa shape index (κ2) is 3.58. The number of nitrogens with zero attached hydrogens (tertiary/aromatic N) is 1. The van der Waals surface area contributed by atoms with Crippen LogP contribution in [0.15, 0.2) is 0 Å². The first-order valence-corrected chi connectivity index (χ1v) is 4.82. The highest BCUT2D eigenvalue weighted by molar-refractivity contribution is 7.80. The van der Waals surface area contributed by atoms with Crippen molar-refractivity contribution in [1.82, 2.24) is 15.8 Å². The van der Waals surface area contributed by atoms with Gasteiger partial charge in [0.25, 0.3) is 0 Å². The number of hydrogen-bond acceptors (Lipinski definition) is 2. The summed E-state index contributed by atoms with van der Waals surface area (Å²) < 4.78 is 0. The zero-order valence-electron chi connectivity index (χ0n) is 7.98. The summed E-state index contributed by atoms with van der Waals surface area (Å²) in [6.07, 6.45) is 3.54. The Morgan fingerprint density at radius 1 is 1.58 bits per heavy atom. The third-order valence-corrected chi connectivity index (χ3v) is 2.51. The van der Waals surface area contributed by atoms with Gasteiger partial charge in [0.2, 0.25) is 0 Å². The van der Waals surface area contributed by atoms with Crippen molar-refractivity contribution in [2.24, 2.45) is 0 Å². The van der Waals surface area contributed by atoms with E-state index in [0.29, 0.717) is 0 Å². The molecule has 0 unspecified atom stereocenters. The summed E-state index contributed by atoms with van der Waals surface area (Å²) in [4.78, 5) is 0. The first-order chi connectivity index (χ1) is 5.57. The van der Waals surface area contributed by atoms with Crippen molar-refractivity contribution in [3.63, 3.8) is 0 Å². The lowest BCUT2D eigenvalue weighted by Crippen LogP contribution is -2.47. The van der Waals surface area contributed by atoms with Gasteiger partial charge in [0, 0.05) is 7.05 Å². The second-order valence-electron chi connectivity index (χ2n) is 3.54. The lowest BCUT2D eigenvalue weighted by Gasteiger charge is -2.24. The Bertz CT molecular complexity index is 183. The Labute approximate surface area is 79.5 Å². The van der Waals surface area contributed by atoms with Gasteiger partial charge in [-0.25, -0.2) is 5.43 Å². The van der Waals surface area contributed by atoms with Gasteiger partial charge in [-0.3, -0.25) is 5.01 Å². The van der Waals surface area contributed by atoms with E-state index >= 15 is 0 Å². The quantitative estimate of drug-likeness (QED) is 0.650. The fourth-order valence-electron chi connectivity index (χ4n) is 1.42. The van der Waals surface area contributed by atoms with E-state index in [1.54, 1.807) is 0 Å². The molecule has 0 aromatic carbocycles. The van der Waals surface area contributed by atoms with Gasteiger partial charge in [-0.1, -0.05) is 13.3 Å². The molecule has 1 atom stereocenters. The maximum Gasteiger partial charge on any atom is 0.184 e. The van der Waals surface area contributed by atoms with E-state index in [2.05, 4.69) is 24.6 Å². The van der Waals surface area contributed by atoms with Crippen molar-refractivity contribution < 1.29 is 0 Å². The molecule has 0 amide bonds. The maximum atomic E-state index is 5.09. The monoisotopic (exact) mass is 187 g/mol. The molecule has 1 aliphatic rings. The highest BCUT2D eigenvalue weighted by Crippen LogP contribution is 2.15. The molecule has 1 fully saturated rings. The summed E-state index contributed by atoms with van der Waals surface area (Å²) in [5, 5.41) is 5.91. The van der Waals surface area contributed by atoms with Gasteiger partial charge in [-0.15, -0.1) is 0 Å². The molecule has 0 bridgehead atoms. The van der Waals surface area contributed by atoms with Crippen LogP contribution in [0.3, 0.4) is 0 Å². The molecule has 1 saturated heterocycles. The van der Waals surface area contributed by atoms with Crippen molar-refractivity contribution in [2.75, 3.05) is 7.05 Å². The van der Waals surface area contributed by atoms with Gasteiger partial charge in [0.05, 0.1) is 0 Å². The third kappa shape index (κ3) is 2.08. The Balaban J connectivity index is 2.46. The van der Waals surface area contributed by atoms with E-state index in [9.17, 15) is 0 Å². The molecule has 70 valence electrons. The zero-order valence-corrected chi connectivity index (χ0v) is 8.79. The summed E-state index contributed by atoms with van der Waals surface area (Å²) in [6.45, 7) is 4.33. The Kier molecular flexibility index (Phi) is 2.90. The van der Waals surface area contributed by atoms with Crippen molar-refractivity contribution in [3.05, 3.63) is 0 Å². The first-order valence-electron chi connectivity index (χ1n) is 4.41. The van der Waals surface area contributed by atoms with Crippen LogP contribution in [0.5, 0.6) is 0 Å². The molecule has 0 aromatic rings. The largest absolute Gasteiger partial charge is 0.342 e. The average Bonchev–Trinajstić information content (AvgIpc) is 2.24. The van der Waals surface area contributed by atoms with Gasteiger partial charge in [-0.05, 0) is 32.0 Å². The minimum atomic E-state index is -0.0259. The Morgan fingerprint density at radius 3 is 2.67 bits per heavy atom. The van der Waals surface area contributed by atoms with E-state index in [4.69, 9.17) is 12.2 Å². The number of nitrogens with one attached hydrogen (secondary N) is 2. The summed E-state index contributed by atoms with van der Waals surface area (Å²) >= 11 is 5.09. The molecule has 0 spiro atoms. The van der Waals surface area contributed by atoms with Crippen LogP contribution in [0, 0.1) is 0 Å². The fourth-order valence-corrected chi connectivity index (χ4v) is 1.69. The van der Waals surface area contributed by atoms with Crippen LogP contribution in [0.25, 0.3) is 0 Å². The van der Waals surface area contributed by atoms with Gasteiger partial charge in [0.1, 0.15) is 5.66 Å². The molecule has 1 heterocycles. The van der Waals surface area contributed by atoms with E-state index in [0.717, 1.165) is 11.5 Å². The standard InChI is InChI=1S/C8H17N3S/c1-4-5-6-8(2)9-7(12)11(3)10-8/h10H,4-6H2,1-3H3,(H,9,12)/t8-/m0/s1. The van der Waals surface area contributed by atoms with Crippen LogP contribution in [0.2, 0.25) is 0 Å². The van der Waals surface area contributed by atoms with Gasteiger partial charge < -0.3 is 5.32 Å². The van der Waals surface area contributed by atoms with Crippen LogP contribution in [-0.4, -0.2) is 22.8 Å². The van der Waals surface area contributed by atoms with Crippen LogP contribution >= 0.6 is 12.2 Å². The Morgan fingerprint density at radius 2 is 2.25 bits per heavy atom. The molecule has 0 aromatic heterocycles. The molecule has 4 heteroatoms. The normalized spacial score (nSPS) is 29.2. The summed E-state index contributed by atoms with van der Waals surface area (Å²) in [6, 6.07) is 0. The van der Waals surface area contributed by atoms with E-state index in [1.165, 1.54) is 12.8 Å². The molecule has 0 radical (unpaired) electrons. The van der Waals surface area contributed by atoms with Gasteiger partial charge in [-0.2, -0.15) is 0 Å². The number of hydrazine groups is 1. The van der Waals surface area contributed by atoms with E-state index in [1.807, 2.05) is 12.1 Å². The predicted octanol–water partition coefficient (Wildman–Crippen LogP) is 1.22. The lowest BCUT2D eigenvalue weighted by atomic mass is 10.1. The SMILES string of the molecule is CCCC[C@@]1(C)NC(=S)N(C)N1. The molecule has 1 rings (SSSR count). The highest BCUT2D eigenvalue weighted by Gasteiger charge is 2.32. The molecule has 2 N–H and O–H groups in total. The van der Waals surface area contributed by atoms with Crippen molar-refractivity contribution in [3.8, 4) is 0 Å². The minimum absolute atomic E-state index is 0.0259. The topological polar surface area (TPSA) is 27.3 Å². The van der Waals surface area contributed by atoms with Crippen molar-refractivity contribution in [2.45, 2.75) is 38.8 Å². The highest BCUT2D eigenvalue weighted by atomic mass is 32.1. The molecular weight excluding hydrogens is 170 g/mol. The molecule has 1 aliphatic heterocycles. The van der Waals surface area contributed by atoms with Crippen LogP contribution in [0.4, 0.5) is 0 Å². The molecule has 0 aliphatic carbocycles. The first kappa shape index (κ1) is 9.74. The second-order valence-corrected chi connectivity index (χ2v) is 3.92. The van der Waals surface area contributed by atoms with E-state index in [-0.39, 0.29) is 5.66 Å². The molecule has 3 nitrogen and oxygen atoms in total. The molecule has 12 heavy (non-hydrogen) atoms. The number of unbranched alkanes of at least 4 members (excludes halogenated alkanes) is 1. The molecule has 0 saturated carbocycles. The average molecular weight is 187 g/mol. The number of hydrogen-bond donors (Lipinski definition) is 2. The van der Waals surface area contributed by atoms with Crippen molar-refractivity contribution in [1.29, 1.82) is 0 Å². The fraction of sp³-hybridized carbons (Fsp3) is 0.875. The minimum Gasteiger partial charge on any atom is -0.342 e.